The van der Waals surface area contributed by atoms with Gasteiger partial charge in [0, 0.05) is 6.26 Å². The third kappa shape index (κ3) is 6.13. The molecule has 5 nitrogen and oxygen atoms in total. The number of halogens is 1. The van der Waals surface area contributed by atoms with E-state index >= 15 is 0 Å². The van der Waals surface area contributed by atoms with Gasteiger partial charge < -0.3 is 14.8 Å². The minimum atomic E-state index is -3.15. The van der Waals surface area contributed by atoms with Crippen molar-refractivity contribution in [1.82, 2.24) is 5.32 Å². The van der Waals surface area contributed by atoms with Crippen LogP contribution in [0.15, 0.2) is 29.2 Å². The summed E-state index contributed by atoms with van der Waals surface area (Å²) >= 11 is 0. The average Bonchev–Trinajstić information content (AvgIpc) is 2.57. The van der Waals surface area contributed by atoms with Crippen LogP contribution in [-0.4, -0.2) is 46.1 Å². The highest BCUT2D eigenvalue weighted by Crippen LogP contribution is 2.27. The number of benzene rings is 1. The normalized spacial score (nSPS) is 25.2. The first-order valence-electron chi connectivity index (χ1n) is 8.83. The van der Waals surface area contributed by atoms with E-state index in [1.54, 1.807) is 24.3 Å². The molecule has 1 aliphatic carbocycles. The molecule has 0 atom stereocenters. The largest absolute Gasteiger partial charge is 0.490 e. The van der Waals surface area contributed by atoms with Crippen LogP contribution in [0.25, 0.3) is 0 Å². The number of nitrogens with one attached hydrogen (secondary N) is 1. The molecular formula is C18H28ClNO4S. The number of hydrogen-bond donors (Lipinski definition) is 1. The Labute approximate surface area is 156 Å². The SMILES string of the molecule is CS(=O)(=O)c1ccc(OC2CCC(OC3CCNCC3)CC2)cc1.Cl. The molecule has 3 rings (SSSR count). The second-order valence-electron chi connectivity index (χ2n) is 6.85. The van der Waals surface area contributed by atoms with Crippen molar-refractivity contribution in [1.29, 1.82) is 0 Å². The third-order valence-corrected chi connectivity index (χ3v) is 5.98. The zero-order chi connectivity index (χ0) is 17.0. The Morgan fingerprint density at radius 2 is 1.40 bits per heavy atom. The molecule has 0 aromatic heterocycles. The van der Waals surface area contributed by atoms with Crippen LogP contribution in [0.1, 0.15) is 38.5 Å². The Bertz CT molecular complexity index is 621. The first kappa shape index (κ1) is 20.5. The lowest BCUT2D eigenvalue weighted by molar-refractivity contribution is -0.0548. The predicted molar refractivity (Wildman–Crippen MR) is 100 cm³/mol. The fraction of sp³-hybridized carbons (Fsp3) is 0.667. The molecule has 1 N–H and O–H groups in total. The summed E-state index contributed by atoms with van der Waals surface area (Å²) in [6, 6.07) is 6.70. The van der Waals surface area contributed by atoms with Crippen LogP contribution in [0.4, 0.5) is 0 Å². The summed E-state index contributed by atoms with van der Waals surface area (Å²) in [6.07, 6.45) is 8.47. The van der Waals surface area contributed by atoms with Gasteiger partial charge in [-0.1, -0.05) is 0 Å². The Morgan fingerprint density at radius 1 is 0.880 bits per heavy atom. The van der Waals surface area contributed by atoms with Crippen molar-refractivity contribution >= 4 is 22.2 Å². The first-order chi connectivity index (χ1) is 11.5. The highest BCUT2D eigenvalue weighted by atomic mass is 35.5. The van der Waals surface area contributed by atoms with Crippen molar-refractivity contribution in [3.63, 3.8) is 0 Å². The lowest BCUT2D eigenvalue weighted by Gasteiger charge is -2.33. The van der Waals surface area contributed by atoms with Crippen LogP contribution in [-0.2, 0) is 14.6 Å². The fourth-order valence-corrected chi connectivity index (χ4v) is 4.08. The molecule has 0 spiro atoms. The molecule has 7 heteroatoms. The topological polar surface area (TPSA) is 64.6 Å². The van der Waals surface area contributed by atoms with Crippen molar-refractivity contribution in [2.24, 2.45) is 0 Å². The van der Waals surface area contributed by atoms with Crippen LogP contribution in [0.3, 0.4) is 0 Å². The molecule has 1 aromatic carbocycles. The van der Waals surface area contributed by atoms with Gasteiger partial charge in [0.1, 0.15) is 5.75 Å². The van der Waals surface area contributed by atoms with Gasteiger partial charge >= 0.3 is 0 Å². The number of hydrogen-bond acceptors (Lipinski definition) is 5. The van der Waals surface area contributed by atoms with Gasteiger partial charge in [-0.15, -0.1) is 12.4 Å². The molecule has 0 amide bonds. The number of rotatable bonds is 5. The molecule has 1 heterocycles. The average molecular weight is 390 g/mol. The van der Waals surface area contributed by atoms with E-state index in [0.717, 1.165) is 57.4 Å². The van der Waals surface area contributed by atoms with E-state index in [1.165, 1.54) is 6.26 Å². The van der Waals surface area contributed by atoms with Crippen molar-refractivity contribution < 1.29 is 17.9 Å². The zero-order valence-corrected chi connectivity index (χ0v) is 16.3. The molecule has 0 unspecified atom stereocenters. The predicted octanol–water partition coefficient (Wildman–Crippen LogP) is 2.97. The smallest absolute Gasteiger partial charge is 0.175 e. The van der Waals surface area contributed by atoms with Gasteiger partial charge in [0.25, 0.3) is 0 Å². The lowest BCUT2D eigenvalue weighted by Crippen LogP contribution is -2.37. The fourth-order valence-electron chi connectivity index (χ4n) is 3.45. The van der Waals surface area contributed by atoms with Gasteiger partial charge in [-0.05, 0) is 75.9 Å². The van der Waals surface area contributed by atoms with Gasteiger partial charge in [0.05, 0.1) is 23.2 Å². The molecule has 0 bridgehead atoms. The standard InChI is InChI=1S/C18H27NO4S.ClH/c1-24(20,21)18-8-6-16(7-9-18)22-14-2-4-15(5-3-14)23-17-10-12-19-13-11-17;/h6-9,14-15,17,19H,2-5,10-13H2,1H3;1H. The van der Waals surface area contributed by atoms with E-state index in [0.29, 0.717) is 17.1 Å². The maximum Gasteiger partial charge on any atom is 0.175 e. The Hall–Kier alpha value is -0.820. The maximum atomic E-state index is 11.5. The molecule has 2 aliphatic rings. The quantitative estimate of drug-likeness (QED) is 0.838. The highest BCUT2D eigenvalue weighted by molar-refractivity contribution is 7.90. The van der Waals surface area contributed by atoms with Crippen molar-refractivity contribution in [2.45, 2.75) is 61.7 Å². The van der Waals surface area contributed by atoms with Gasteiger partial charge in [0.2, 0.25) is 0 Å². The minimum absolute atomic E-state index is 0. The van der Waals surface area contributed by atoms with E-state index in [1.807, 2.05) is 0 Å². The van der Waals surface area contributed by atoms with Crippen LogP contribution in [0, 0.1) is 0 Å². The minimum Gasteiger partial charge on any atom is -0.490 e. The summed E-state index contributed by atoms with van der Waals surface area (Å²) in [5.74, 6) is 0.741. The van der Waals surface area contributed by atoms with E-state index in [-0.39, 0.29) is 18.5 Å². The van der Waals surface area contributed by atoms with E-state index < -0.39 is 9.84 Å². The summed E-state index contributed by atoms with van der Waals surface area (Å²) < 4.78 is 35.2. The lowest BCUT2D eigenvalue weighted by atomic mass is 9.94. The molecule has 142 valence electrons. The van der Waals surface area contributed by atoms with Crippen molar-refractivity contribution in [2.75, 3.05) is 19.3 Å². The molecule has 1 aliphatic heterocycles. The Balaban J connectivity index is 0.00000225. The number of sulfone groups is 1. The van der Waals surface area contributed by atoms with Gasteiger partial charge in [-0.2, -0.15) is 0 Å². The Kier molecular flexibility index (Phi) is 7.55. The van der Waals surface area contributed by atoms with E-state index in [4.69, 9.17) is 9.47 Å². The summed E-state index contributed by atoms with van der Waals surface area (Å²) in [5.41, 5.74) is 0. The van der Waals surface area contributed by atoms with Crippen LogP contribution in [0.5, 0.6) is 5.75 Å². The molecule has 1 saturated heterocycles. The van der Waals surface area contributed by atoms with Gasteiger partial charge in [-0.25, -0.2) is 8.42 Å². The molecule has 25 heavy (non-hydrogen) atoms. The second-order valence-corrected chi connectivity index (χ2v) is 8.86. The monoisotopic (exact) mass is 389 g/mol. The molecule has 2 fully saturated rings. The Morgan fingerprint density at radius 3 is 1.96 bits per heavy atom. The first-order valence-corrected chi connectivity index (χ1v) is 10.7. The zero-order valence-electron chi connectivity index (χ0n) is 14.6. The van der Waals surface area contributed by atoms with Crippen LogP contribution >= 0.6 is 12.4 Å². The van der Waals surface area contributed by atoms with Crippen LogP contribution < -0.4 is 10.1 Å². The molecule has 1 aromatic rings. The number of ether oxygens (including phenoxy) is 2. The summed E-state index contributed by atoms with van der Waals surface area (Å²) in [7, 11) is -3.15. The summed E-state index contributed by atoms with van der Waals surface area (Å²) in [5, 5.41) is 3.36. The van der Waals surface area contributed by atoms with Crippen LogP contribution in [0.2, 0.25) is 0 Å². The highest BCUT2D eigenvalue weighted by Gasteiger charge is 2.26. The van der Waals surface area contributed by atoms with Gasteiger partial charge in [0.15, 0.2) is 9.84 Å². The van der Waals surface area contributed by atoms with Gasteiger partial charge in [-0.3, -0.25) is 0 Å². The van der Waals surface area contributed by atoms with E-state index in [9.17, 15) is 8.42 Å². The molecular weight excluding hydrogens is 362 g/mol. The van der Waals surface area contributed by atoms with Crippen molar-refractivity contribution in [3.05, 3.63) is 24.3 Å². The molecule has 0 radical (unpaired) electrons. The maximum absolute atomic E-state index is 11.5. The third-order valence-electron chi connectivity index (χ3n) is 4.85. The molecule has 1 saturated carbocycles. The summed E-state index contributed by atoms with van der Waals surface area (Å²) in [4.78, 5) is 0.328. The second kappa shape index (κ2) is 9.21. The van der Waals surface area contributed by atoms with Crippen molar-refractivity contribution in [3.8, 4) is 5.75 Å². The number of piperidine rings is 1. The van der Waals surface area contributed by atoms with E-state index in [2.05, 4.69) is 5.32 Å². The summed E-state index contributed by atoms with van der Waals surface area (Å²) in [6.45, 7) is 2.12.